The smallest absolute Gasteiger partial charge is 0.289 e. The first-order valence-electron chi connectivity index (χ1n) is 10.0. The maximum absolute atomic E-state index is 13.2. The molecule has 150 valence electrons. The van der Waals surface area contributed by atoms with Crippen LogP contribution in [0.15, 0.2) is 22.6 Å². The van der Waals surface area contributed by atoms with Crippen molar-refractivity contribution in [1.29, 1.82) is 0 Å². The number of furan rings is 1. The molecule has 1 spiro atoms. The third-order valence-corrected chi connectivity index (χ3v) is 6.32. The van der Waals surface area contributed by atoms with Gasteiger partial charge >= 0.3 is 0 Å². The van der Waals surface area contributed by atoms with E-state index in [9.17, 15) is 9.59 Å². The number of piperidine rings is 1. The number of benzene rings is 1. The lowest BCUT2D eigenvalue weighted by Crippen LogP contribution is -2.51. The summed E-state index contributed by atoms with van der Waals surface area (Å²) >= 11 is 0. The number of aryl methyl sites for hydroxylation is 2. The highest BCUT2D eigenvalue weighted by atomic mass is 16.5. The number of ether oxygens (including phenoxy) is 1. The molecule has 1 aromatic heterocycles. The molecule has 0 radical (unpaired) electrons. The fraction of sp³-hybridized carbons (Fsp3) is 0.545. The van der Waals surface area contributed by atoms with Gasteiger partial charge in [-0.2, -0.15) is 0 Å². The highest BCUT2D eigenvalue weighted by Crippen LogP contribution is 2.41. The van der Waals surface area contributed by atoms with E-state index in [2.05, 4.69) is 0 Å². The Morgan fingerprint density at radius 3 is 2.86 bits per heavy atom. The molecule has 1 atom stereocenters. The zero-order valence-corrected chi connectivity index (χ0v) is 16.9. The highest BCUT2D eigenvalue weighted by Gasteiger charge is 2.49. The number of likely N-dealkylation sites (tertiary alicyclic amines) is 2. The average molecular weight is 384 g/mol. The van der Waals surface area contributed by atoms with Gasteiger partial charge in [-0.05, 0) is 44.7 Å². The first-order valence-corrected chi connectivity index (χ1v) is 10.0. The first-order chi connectivity index (χ1) is 13.4. The Labute approximate surface area is 165 Å². The molecule has 2 aliphatic heterocycles. The summed E-state index contributed by atoms with van der Waals surface area (Å²) in [7, 11) is 1.65. The van der Waals surface area contributed by atoms with Crippen molar-refractivity contribution in [2.75, 3.05) is 39.9 Å². The molecule has 0 saturated carbocycles. The third kappa shape index (κ3) is 3.09. The fourth-order valence-electron chi connectivity index (χ4n) is 4.67. The molecule has 0 unspecified atom stereocenters. The number of hydrogen-bond donors (Lipinski definition) is 0. The summed E-state index contributed by atoms with van der Waals surface area (Å²) in [5, 5.41) is 0.974. The highest BCUT2D eigenvalue weighted by molar-refractivity contribution is 5.99. The van der Waals surface area contributed by atoms with Crippen molar-refractivity contribution in [3.05, 3.63) is 35.1 Å². The lowest BCUT2D eigenvalue weighted by Gasteiger charge is -2.39. The van der Waals surface area contributed by atoms with Crippen LogP contribution < -0.4 is 0 Å². The van der Waals surface area contributed by atoms with Crippen LogP contribution >= 0.6 is 0 Å². The molecule has 6 heteroatoms. The molecular weight excluding hydrogens is 356 g/mol. The van der Waals surface area contributed by atoms with Crippen LogP contribution in [0.3, 0.4) is 0 Å². The largest absolute Gasteiger partial charge is 0.451 e. The van der Waals surface area contributed by atoms with Gasteiger partial charge in [-0.15, -0.1) is 0 Å². The maximum atomic E-state index is 13.2. The molecule has 2 fully saturated rings. The molecule has 0 bridgehead atoms. The van der Waals surface area contributed by atoms with Gasteiger partial charge in [0.1, 0.15) is 5.58 Å². The van der Waals surface area contributed by atoms with Crippen LogP contribution in [-0.4, -0.2) is 61.5 Å². The molecule has 0 aliphatic carbocycles. The van der Waals surface area contributed by atoms with Crippen LogP contribution in [0.2, 0.25) is 0 Å². The number of amides is 2. The van der Waals surface area contributed by atoms with E-state index < -0.39 is 5.41 Å². The van der Waals surface area contributed by atoms with Crippen LogP contribution in [-0.2, 0) is 9.53 Å². The lowest BCUT2D eigenvalue weighted by molar-refractivity contribution is -0.146. The Morgan fingerprint density at radius 1 is 1.25 bits per heavy atom. The molecule has 2 aromatic rings. The molecule has 4 rings (SSSR count). The zero-order valence-electron chi connectivity index (χ0n) is 16.9. The van der Waals surface area contributed by atoms with Crippen LogP contribution in [0, 0.1) is 19.3 Å². The molecular formula is C22H28N2O4. The van der Waals surface area contributed by atoms with Crippen molar-refractivity contribution in [3.8, 4) is 0 Å². The number of fused-ring (bicyclic) bond motifs is 1. The second kappa shape index (κ2) is 7.24. The van der Waals surface area contributed by atoms with E-state index in [0.717, 1.165) is 47.9 Å². The van der Waals surface area contributed by atoms with E-state index in [1.54, 1.807) is 12.0 Å². The average Bonchev–Trinajstić information content (AvgIpc) is 3.25. The Hall–Kier alpha value is -2.34. The summed E-state index contributed by atoms with van der Waals surface area (Å²) in [6, 6.07) is 5.99. The minimum atomic E-state index is -0.446. The summed E-state index contributed by atoms with van der Waals surface area (Å²) in [5.74, 6) is 0.463. The van der Waals surface area contributed by atoms with Crippen LogP contribution in [0.1, 0.15) is 40.9 Å². The number of carbonyl (C=O) groups excluding carboxylic acids is 2. The van der Waals surface area contributed by atoms with Crippen molar-refractivity contribution >= 4 is 22.8 Å². The van der Waals surface area contributed by atoms with E-state index in [1.807, 2.05) is 36.9 Å². The Kier molecular flexibility index (Phi) is 4.91. The Bertz CT molecular complexity index is 919. The molecule has 28 heavy (non-hydrogen) atoms. The maximum Gasteiger partial charge on any atom is 0.289 e. The van der Waals surface area contributed by atoms with Gasteiger partial charge in [0.25, 0.3) is 5.91 Å². The topological polar surface area (TPSA) is 63.0 Å². The van der Waals surface area contributed by atoms with Crippen LogP contribution in [0.4, 0.5) is 0 Å². The van der Waals surface area contributed by atoms with E-state index in [-0.39, 0.29) is 11.8 Å². The van der Waals surface area contributed by atoms with E-state index >= 15 is 0 Å². The summed E-state index contributed by atoms with van der Waals surface area (Å²) in [4.78, 5) is 30.0. The number of hydrogen-bond acceptors (Lipinski definition) is 4. The Balaban J connectivity index is 1.55. The van der Waals surface area contributed by atoms with Gasteiger partial charge in [-0.1, -0.05) is 12.1 Å². The monoisotopic (exact) mass is 384 g/mol. The number of carbonyl (C=O) groups is 2. The van der Waals surface area contributed by atoms with Crippen molar-refractivity contribution in [2.24, 2.45) is 5.41 Å². The molecule has 1 aromatic carbocycles. The summed E-state index contributed by atoms with van der Waals surface area (Å²) in [5.41, 5.74) is 2.27. The molecule has 2 amide bonds. The second-order valence-corrected chi connectivity index (χ2v) is 8.20. The van der Waals surface area contributed by atoms with E-state index in [4.69, 9.17) is 9.15 Å². The van der Waals surface area contributed by atoms with Gasteiger partial charge in [0.15, 0.2) is 5.76 Å². The summed E-state index contributed by atoms with van der Waals surface area (Å²) < 4.78 is 11.1. The van der Waals surface area contributed by atoms with Gasteiger partial charge in [-0.25, -0.2) is 0 Å². The quantitative estimate of drug-likeness (QED) is 0.812. The Morgan fingerprint density at radius 2 is 2.07 bits per heavy atom. The van der Waals surface area contributed by atoms with Crippen molar-refractivity contribution in [3.63, 3.8) is 0 Å². The van der Waals surface area contributed by atoms with E-state index in [0.29, 0.717) is 32.0 Å². The SMILES string of the molecule is COCCN1CCC[C@]2(CCN(C(=O)c3oc4cc(C)ccc4c3C)C2)C1=O. The summed E-state index contributed by atoms with van der Waals surface area (Å²) in [6.07, 6.45) is 2.54. The lowest BCUT2D eigenvalue weighted by atomic mass is 9.78. The van der Waals surface area contributed by atoms with E-state index in [1.165, 1.54) is 0 Å². The summed E-state index contributed by atoms with van der Waals surface area (Å²) in [6.45, 7) is 6.95. The normalized spacial score (nSPS) is 22.6. The van der Waals surface area contributed by atoms with Crippen LogP contribution in [0.5, 0.6) is 0 Å². The predicted octanol–water partition coefficient (Wildman–Crippen LogP) is 3.15. The number of nitrogens with zero attached hydrogens (tertiary/aromatic N) is 2. The first kappa shape index (κ1) is 19.0. The zero-order chi connectivity index (χ0) is 19.9. The third-order valence-electron chi connectivity index (χ3n) is 6.32. The number of rotatable bonds is 4. The molecule has 6 nitrogen and oxygen atoms in total. The molecule has 3 heterocycles. The van der Waals surface area contributed by atoms with Crippen molar-refractivity contribution in [2.45, 2.75) is 33.1 Å². The second-order valence-electron chi connectivity index (χ2n) is 8.20. The predicted molar refractivity (Wildman–Crippen MR) is 106 cm³/mol. The van der Waals surface area contributed by atoms with Gasteiger partial charge in [0, 0.05) is 44.2 Å². The van der Waals surface area contributed by atoms with Gasteiger partial charge in [-0.3, -0.25) is 9.59 Å². The minimum absolute atomic E-state index is 0.106. The minimum Gasteiger partial charge on any atom is -0.451 e. The van der Waals surface area contributed by atoms with Crippen molar-refractivity contribution < 1.29 is 18.7 Å². The van der Waals surface area contributed by atoms with Crippen LogP contribution in [0.25, 0.3) is 11.0 Å². The standard InChI is InChI=1S/C22H28N2O4/c1-15-5-6-17-16(2)19(28-18(17)13-15)20(25)24-10-8-22(14-24)7-4-9-23(21(22)26)11-12-27-3/h5-6,13H,4,7-12,14H2,1-3H3/t22-/m1/s1. The van der Waals surface area contributed by atoms with Gasteiger partial charge in [0.05, 0.1) is 12.0 Å². The molecule has 2 aliphatic rings. The van der Waals surface area contributed by atoms with Gasteiger partial charge in [0.2, 0.25) is 5.91 Å². The molecule has 0 N–H and O–H groups in total. The molecule has 2 saturated heterocycles. The van der Waals surface area contributed by atoms with Crippen molar-refractivity contribution in [1.82, 2.24) is 9.80 Å². The van der Waals surface area contributed by atoms with Gasteiger partial charge < -0.3 is 19.0 Å². The fourth-order valence-corrected chi connectivity index (χ4v) is 4.67. The number of methoxy groups -OCH3 is 1.